The number of hydrogen-bond donors (Lipinski definition) is 2. The zero-order valence-corrected chi connectivity index (χ0v) is 18.0. The fraction of sp³-hybridized carbons (Fsp3) is 0.333. The lowest BCUT2D eigenvalue weighted by atomic mass is 10.1. The van der Waals surface area contributed by atoms with E-state index in [-0.39, 0.29) is 22.1 Å². The molecule has 2 N–H and O–H groups in total. The van der Waals surface area contributed by atoms with Crippen LogP contribution in [0.25, 0.3) is 0 Å². The molecule has 1 fully saturated rings. The molecule has 160 valence electrons. The molecule has 1 heterocycles. The van der Waals surface area contributed by atoms with E-state index in [9.17, 15) is 18.0 Å². The molecular formula is C21H25N3O5S. The van der Waals surface area contributed by atoms with E-state index in [1.807, 2.05) is 6.92 Å². The first kappa shape index (κ1) is 21.6. The van der Waals surface area contributed by atoms with E-state index in [2.05, 4.69) is 10.0 Å². The number of amides is 2. The first-order valence-corrected chi connectivity index (χ1v) is 11.1. The maximum atomic E-state index is 12.9. The van der Waals surface area contributed by atoms with Gasteiger partial charge in [0.05, 0.1) is 17.6 Å². The van der Waals surface area contributed by atoms with Gasteiger partial charge >= 0.3 is 0 Å². The predicted octanol–water partition coefficient (Wildman–Crippen LogP) is 2.68. The highest BCUT2D eigenvalue weighted by Gasteiger charge is 2.24. The second-order valence-corrected chi connectivity index (χ2v) is 8.66. The van der Waals surface area contributed by atoms with Crippen LogP contribution >= 0.6 is 0 Å². The van der Waals surface area contributed by atoms with Crippen molar-refractivity contribution in [3.63, 3.8) is 0 Å². The number of rotatable bonds is 7. The number of nitrogens with zero attached hydrogens (tertiary/aromatic N) is 1. The third-order valence-corrected chi connectivity index (χ3v) is 6.26. The van der Waals surface area contributed by atoms with Crippen LogP contribution < -0.4 is 19.7 Å². The Bertz CT molecular complexity index is 1080. The minimum Gasteiger partial charge on any atom is -0.496 e. The SMILES string of the molecule is CCNC(=O)c1cc(S(=O)(=O)Nc2ccc(N3CCCC3=O)c(C)c2)ccc1OC. The zero-order chi connectivity index (χ0) is 21.9. The predicted molar refractivity (Wildman–Crippen MR) is 115 cm³/mol. The van der Waals surface area contributed by atoms with Gasteiger partial charge in [-0.3, -0.25) is 14.3 Å². The maximum Gasteiger partial charge on any atom is 0.261 e. The highest BCUT2D eigenvalue weighted by molar-refractivity contribution is 7.92. The van der Waals surface area contributed by atoms with Gasteiger partial charge in [0.1, 0.15) is 5.75 Å². The largest absolute Gasteiger partial charge is 0.496 e. The molecule has 0 bridgehead atoms. The Morgan fingerprint density at radius 2 is 1.97 bits per heavy atom. The molecule has 0 aromatic heterocycles. The summed E-state index contributed by atoms with van der Waals surface area (Å²) in [6.45, 7) is 4.68. The number of benzene rings is 2. The summed E-state index contributed by atoms with van der Waals surface area (Å²) in [6, 6.07) is 9.17. The minimum absolute atomic E-state index is 0.0546. The number of nitrogens with one attached hydrogen (secondary N) is 2. The van der Waals surface area contributed by atoms with Gasteiger partial charge in [-0.05, 0) is 62.2 Å². The topological polar surface area (TPSA) is 105 Å². The first-order chi connectivity index (χ1) is 14.3. The van der Waals surface area contributed by atoms with Gasteiger partial charge < -0.3 is 15.0 Å². The van der Waals surface area contributed by atoms with Crippen molar-refractivity contribution in [2.45, 2.75) is 31.6 Å². The number of carbonyl (C=O) groups excluding carboxylic acids is 2. The van der Waals surface area contributed by atoms with Gasteiger partial charge in [-0.25, -0.2) is 8.42 Å². The van der Waals surface area contributed by atoms with Gasteiger partial charge in [0.2, 0.25) is 5.91 Å². The summed E-state index contributed by atoms with van der Waals surface area (Å²) < 4.78 is 33.5. The van der Waals surface area contributed by atoms with E-state index in [4.69, 9.17) is 4.74 Å². The number of anilines is 2. The summed E-state index contributed by atoms with van der Waals surface area (Å²) in [7, 11) is -2.52. The van der Waals surface area contributed by atoms with Gasteiger partial charge in [0, 0.05) is 30.9 Å². The summed E-state index contributed by atoms with van der Waals surface area (Å²) in [5, 5.41) is 2.64. The lowest BCUT2D eigenvalue weighted by Crippen LogP contribution is -2.24. The maximum absolute atomic E-state index is 12.9. The van der Waals surface area contributed by atoms with Crippen LogP contribution in [0, 0.1) is 6.92 Å². The van der Waals surface area contributed by atoms with Crippen LogP contribution in [0.5, 0.6) is 5.75 Å². The molecule has 2 aromatic carbocycles. The molecule has 0 spiro atoms. The van der Waals surface area contributed by atoms with E-state index in [1.165, 1.54) is 25.3 Å². The van der Waals surface area contributed by atoms with Crippen molar-refractivity contribution in [2.24, 2.45) is 0 Å². The van der Waals surface area contributed by atoms with E-state index in [1.54, 1.807) is 30.0 Å². The van der Waals surface area contributed by atoms with Gasteiger partial charge in [-0.2, -0.15) is 0 Å². The number of ether oxygens (including phenoxy) is 1. The average Bonchev–Trinajstić information content (AvgIpc) is 3.13. The Labute approximate surface area is 176 Å². The fourth-order valence-corrected chi connectivity index (χ4v) is 4.50. The van der Waals surface area contributed by atoms with E-state index < -0.39 is 15.9 Å². The monoisotopic (exact) mass is 431 g/mol. The Hall–Kier alpha value is -3.07. The summed E-state index contributed by atoms with van der Waals surface area (Å²) >= 11 is 0. The van der Waals surface area contributed by atoms with Crippen LogP contribution in [0.2, 0.25) is 0 Å². The molecule has 0 unspecified atom stereocenters. The van der Waals surface area contributed by atoms with E-state index in [0.717, 1.165) is 17.7 Å². The van der Waals surface area contributed by atoms with Crippen molar-refractivity contribution >= 4 is 33.2 Å². The van der Waals surface area contributed by atoms with Crippen LogP contribution in [0.1, 0.15) is 35.7 Å². The second-order valence-electron chi connectivity index (χ2n) is 6.98. The number of carbonyl (C=O) groups is 2. The lowest BCUT2D eigenvalue weighted by molar-refractivity contribution is -0.117. The van der Waals surface area contributed by atoms with Crippen molar-refractivity contribution in [1.82, 2.24) is 5.32 Å². The molecule has 2 amide bonds. The second kappa shape index (κ2) is 8.74. The normalized spacial score (nSPS) is 14.0. The molecule has 8 nitrogen and oxygen atoms in total. The van der Waals surface area contributed by atoms with Crippen molar-refractivity contribution in [2.75, 3.05) is 29.8 Å². The molecule has 0 aliphatic carbocycles. The molecule has 9 heteroatoms. The van der Waals surface area contributed by atoms with Crippen LogP contribution in [-0.2, 0) is 14.8 Å². The summed E-state index contributed by atoms with van der Waals surface area (Å²) in [6.07, 6.45) is 1.34. The number of aryl methyl sites for hydroxylation is 1. The molecule has 0 saturated carbocycles. The van der Waals surface area contributed by atoms with Gasteiger partial charge in [-0.1, -0.05) is 0 Å². The van der Waals surface area contributed by atoms with E-state index in [0.29, 0.717) is 25.2 Å². The molecule has 0 atom stereocenters. The van der Waals surface area contributed by atoms with Crippen molar-refractivity contribution < 1.29 is 22.7 Å². The Morgan fingerprint density at radius 3 is 2.57 bits per heavy atom. The van der Waals surface area contributed by atoms with Gasteiger partial charge in [0.15, 0.2) is 0 Å². The van der Waals surface area contributed by atoms with Crippen molar-refractivity contribution in [1.29, 1.82) is 0 Å². The van der Waals surface area contributed by atoms with Gasteiger partial charge in [-0.15, -0.1) is 0 Å². The molecule has 1 aliphatic heterocycles. The smallest absolute Gasteiger partial charge is 0.261 e. The highest BCUT2D eigenvalue weighted by Crippen LogP contribution is 2.29. The van der Waals surface area contributed by atoms with Crippen LogP contribution in [-0.4, -0.2) is 40.4 Å². The summed E-state index contributed by atoms with van der Waals surface area (Å²) in [5.74, 6) is -0.0557. The van der Waals surface area contributed by atoms with Crippen molar-refractivity contribution in [3.8, 4) is 5.75 Å². The summed E-state index contributed by atoms with van der Waals surface area (Å²) in [5.41, 5.74) is 2.09. The Balaban J connectivity index is 1.88. The first-order valence-electron chi connectivity index (χ1n) is 9.67. The summed E-state index contributed by atoms with van der Waals surface area (Å²) in [4.78, 5) is 25.9. The Morgan fingerprint density at radius 1 is 1.20 bits per heavy atom. The van der Waals surface area contributed by atoms with Gasteiger partial charge in [0.25, 0.3) is 15.9 Å². The molecule has 2 aromatic rings. The van der Waals surface area contributed by atoms with Crippen molar-refractivity contribution in [3.05, 3.63) is 47.5 Å². The number of hydrogen-bond acceptors (Lipinski definition) is 5. The number of sulfonamides is 1. The highest BCUT2D eigenvalue weighted by atomic mass is 32.2. The molecule has 30 heavy (non-hydrogen) atoms. The number of methoxy groups -OCH3 is 1. The third kappa shape index (κ3) is 4.40. The van der Waals surface area contributed by atoms with Crippen LogP contribution in [0.15, 0.2) is 41.3 Å². The molecule has 1 saturated heterocycles. The molecule has 3 rings (SSSR count). The fourth-order valence-electron chi connectivity index (χ4n) is 3.43. The Kier molecular flexibility index (Phi) is 6.31. The molecular weight excluding hydrogens is 406 g/mol. The standard InChI is InChI=1S/C21H25N3O5S/c1-4-22-21(26)17-13-16(8-10-19(17)29-3)30(27,28)23-15-7-9-18(14(2)12-15)24-11-5-6-20(24)25/h7-10,12-13,23H,4-6,11H2,1-3H3,(H,22,26). The minimum atomic E-state index is -3.93. The average molecular weight is 432 g/mol. The van der Waals surface area contributed by atoms with Crippen LogP contribution in [0.4, 0.5) is 11.4 Å². The third-order valence-electron chi connectivity index (χ3n) is 4.88. The van der Waals surface area contributed by atoms with Crippen LogP contribution in [0.3, 0.4) is 0 Å². The molecule has 0 radical (unpaired) electrons. The quantitative estimate of drug-likeness (QED) is 0.701. The lowest BCUT2D eigenvalue weighted by Gasteiger charge is -2.19. The van der Waals surface area contributed by atoms with E-state index >= 15 is 0 Å². The molecule has 1 aliphatic rings. The zero-order valence-electron chi connectivity index (χ0n) is 17.2.